The van der Waals surface area contributed by atoms with Gasteiger partial charge in [-0.15, -0.1) is 6.58 Å². The number of benzene rings is 1. The molecular formula is C13H17NO3. The lowest BCUT2D eigenvalue weighted by molar-refractivity contribution is -0.138. The van der Waals surface area contributed by atoms with Crippen molar-refractivity contribution in [3.05, 3.63) is 42.5 Å². The van der Waals surface area contributed by atoms with E-state index < -0.39 is 5.97 Å². The van der Waals surface area contributed by atoms with Crippen LogP contribution in [0.1, 0.15) is 18.5 Å². The number of carboxylic acid groups (broad SMARTS) is 1. The Balaban J connectivity index is 2.90. The van der Waals surface area contributed by atoms with Gasteiger partial charge in [0.25, 0.3) is 0 Å². The molecule has 0 bridgehead atoms. The smallest absolute Gasteiger partial charge is 0.317 e. The van der Waals surface area contributed by atoms with Gasteiger partial charge in [-0.05, 0) is 13.0 Å². The second-order valence-electron chi connectivity index (χ2n) is 3.85. The van der Waals surface area contributed by atoms with Crippen LogP contribution < -0.4 is 0 Å². The summed E-state index contributed by atoms with van der Waals surface area (Å²) in [6.45, 7) is 5.85. The van der Waals surface area contributed by atoms with Crippen LogP contribution in [0.2, 0.25) is 0 Å². The number of hydrogen-bond donors (Lipinski definition) is 2. The molecule has 0 saturated heterocycles. The Hall–Kier alpha value is -1.81. The first-order valence-corrected chi connectivity index (χ1v) is 5.41. The number of para-hydroxylation sites is 1. The van der Waals surface area contributed by atoms with Crippen molar-refractivity contribution in [2.45, 2.75) is 13.0 Å². The largest absolute Gasteiger partial charge is 0.508 e. The summed E-state index contributed by atoms with van der Waals surface area (Å²) in [5.74, 6) is -0.714. The first-order valence-electron chi connectivity index (χ1n) is 5.41. The molecule has 1 atom stereocenters. The number of hydrogen-bond acceptors (Lipinski definition) is 3. The predicted molar refractivity (Wildman–Crippen MR) is 65.9 cm³/mol. The van der Waals surface area contributed by atoms with Gasteiger partial charge in [-0.25, -0.2) is 0 Å². The number of aliphatic carboxylic acids is 1. The summed E-state index contributed by atoms with van der Waals surface area (Å²) in [5.41, 5.74) is 0.718. The maximum Gasteiger partial charge on any atom is 0.317 e. The molecule has 0 aliphatic rings. The Morgan fingerprint density at radius 2 is 2.18 bits per heavy atom. The molecular weight excluding hydrogens is 218 g/mol. The normalized spacial score (nSPS) is 12.4. The van der Waals surface area contributed by atoms with Crippen molar-refractivity contribution in [1.29, 1.82) is 0 Å². The minimum atomic E-state index is -0.894. The Morgan fingerprint density at radius 1 is 1.53 bits per heavy atom. The van der Waals surface area contributed by atoms with E-state index in [0.29, 0.717) is 6.54 Å². The molecule has 4 nitrogen and oxygen atoms in total. The minimum Gasteiger partial charge on any atom is -0.508 e. The van der Waals surface area contributed by atoms with Crippen LogP contribution in [0.5, 0.6) is 5.75 Å². The lowest BCUT2D eigenvalue weighted by Crippen LogP contribution is -2.32. The van der Waals surface area contributed by atoms with Gasteiger partial charge in [-0.3, -0.25) is 9.69 Å². The molecule has 1 aromatic carbocycles. The molecule has 0 aliphatic carbocycles. The van der Waals surface area contributed by atoms with Gasteiger partial charge < -0.3 is 10.2 Å². The van der Waals surface area contributed by atoms with Crippen LogP contribution in [0.25, 0.3) is 0 Å². The molecule has 17 heavy (non-hydrogen) atoms. The van der Waals surface area contributed by atoms with Crippen molar-refractivity contribution < 1.29 is 15.0 Å². The van der Waals surface area contributed by atoms with Gasteiger partial charge in [-0.2, -0.15) is 0 Å². The van der Waals surface area contributed by atoms with Crippen LogP contribution >= 0.6 is 0 Å². The quantitative estimate of drug-likeness (QED) is 0.741. The number of carbonyl (C=O) groups is 1. The first kappa shape index (κ1) is 13.3. The molecule has 1 unspecified atom stereocenters. The zero-order valence-electron chi connectivity index (χ0n) is 9.84. The number of carboxylic acids is 1. The fraction of sp³-hybridized carbons (Fsp3) is 0.308. The van der Waals surface area contributed by atoms with Crippen LogP contribution in [0.15, 0.2) is 36.9 Å². The lowest BCUT2D eigenvalue weighted by Gasteiger charge is -2.27. The number of phenolic OH excluding ortho intramolecular Hbond substituents is 1. The monoisotopic (exact) mass is 235 g/mol. The van der Waals surface area contributed by atoms with Crippen LogP contribution in [0.4, 0.5) is 0 Å². The standard InChI is InChI=1S/C13H17NO3/c1-3-8-14(9-13(16)17)10(2)11-6-4-5-7-12(11)15/h3-7,10,15H,1,8-9H2,2H3,(H,16,17). The Kier molecular flexibility index (Phi) is 4.72. The zero-order valence-corrected chi connectivity index (χ0v) is 9.84. The maximum atomic E-state index is 10.8. The molecule has 1 rings (SSSR count). The second kappa shape index (κ2) is 6.06. The molecule has 92 valence electrons. The van der Waals surface area contributed by atoms with Crippen molar-refractivity contribution in [1.82, 2.24) is 4.90 Å². The average Bonchev–Trinajstić information content (AvgIpc) is 2.28. The molecule has 0 saturated carbocycles. The summed E-state index contributed by atoms with van der Waals surface area (Å²) in [7, 11) is 0. The molecule has 2 N–H and O–H groups in total. The number of nitrogens with zero attached hydrogens (tertiary/aromatic N) is 1. The third kappa shape index (κ3) is 3.60. The molecule has 0 aliphatic heterocycles. The van der Waals surface area contributed by atoms with Crippen molar-refractivity contribution in [3.63, 3.8) is 0 Å². The van der Waals surface area contributed by atoms with E-state index in [4.69, 9.17) is 5.11 Å². The molecule has 0 aromatic heterocycles. The van der Waals surface area contributed by atoms with Crippen molar-refractivity contribution in [2.75, 3.05) is 13.1 Å². The summed E-state index contributed by atoms with van der Waals surface area (Å²) in [6.07, 6.45) is 1.65. The second-order valence-corrected chi connectivity index (χ2v) is 3.85. The summed E-state index contributed by atoms with van der Waals surface area (Å²) in [4.78, 5) is 12.5. The predicted octanol–water partition coefficient (Wildman–Crippen LogP) is 2.03. The highest BCUT2D eigenvalue weighted by molar-refractivity contribution is 5.69. The molecule has 0 amide bonds. The SMILES string of the molecule is C=CCN(CC(=O)O)C(C)c1ccccc1O. The zero-order chi connectivity index (χ0) is 12.8. The van der Waals surface area contributed by atoms with Crippen LogP contribution in [-0.4, -0.2) is 34.2 Å². The number of rotatable bonds is 6. The van der Waals surface area contributed by atoms with Crippen molar-refractivity contribution in [3.8, 4) is 5.75 Å². The van der Waals surface area contributed by atoms with Crippen molar-refractivity contribution >= 4 is 5.97 Å². The topological polar surface area (TPSA) is 60.8 Å². The van der Waals surface area contributed by atoms with Crippen LogP contribution in [0.3, 0.4) is 0 Å². The molecule has 0 spiro atoms. The van der Waals surface area contributed by atoms with E-state index in [1.165, 1.54) is 0 Å². The summed E-state index contributed by atoms with van der Waals surface area (Å²) in [6, 6.07) is 6.76. The first-order chi connectivity index (χ1) is 8.06. The molecule has 0 radical (unpaired) electrons. The van der Waals surface area contributed by atoms with E-state index in [0.717, 1.165) is 5.56 Å². The maximum absolute atomic E-state index is 10.8. The van der Waals surface area contributed by atoms with E-state index >= 15 is 0 Å². The number of aromatic hydroxyl groups is 1. The minimum absolute atomic E-state index is 0.0818. The molecule has 1 aromatic rings. The van der Waals surface area contributed by atoms with Crippen LogP contribution in [-0.2, 0) is 4.79 Å². The third-order valence-electron chi connectivity index (χ3n) is 2.64. The van der Waals surface area contributed by atoms with E-state index in [1.807, 2.05) is 13.0 Å². The Bertz CT molecular complexity index is 403. The Labute approximate surface area is 101 Å². The fourth-order valence-electron chi connectivity index (χ4n) is 1.74. The van der Waals surface area contributed by atoms with Gasteiger partial charge >= 0.3 is 5.97 Å². The van der Waals surface area contributed by atoms with E-state index in [-0.39, 0.29) is 18.3 Å². The van der Waals surface area contributed by atoms with Gasteiger partial charge in [0.2, 0.25) is 0 Å². The van der Waals surface area contributed by atoms with Gasteiger partial charge in [0.05, 0.1) is 6.54 Å². The average molecular weight is 235 g/mol. The van der Waals surface area contributed by atoms with Gasteiger partial charge in [-0.1, -0.05) is 24.3 Å². The lowest BCUT2D eigenvalue weighted by atomic mass is 10.1. The van der Waals surface area contributed by atoms with Gasteiger partial charge in [0.15, 0.2) is 0 Å². The third-order valence-corrected chi connectivity index (χ3v) is 2.64. The van der Waals surface area contributed by atoms with Gasteiger partial charge in [0, 0.05) is 18.2 Å². The van der Waals surface area contributed by atoms with Gasteiger partial charge in [0.1, 0.15) is 5.75 Å². The van der Waals surface area contributed by atoms with Crippen LogP contribution in [0, 0.1) is 0 Å². The highest BCUT2D eigenvalue weighted by atomic mass is 16.4. The molecule has 0 fully saturated rings. The van der Waals surface area contributed by atoms with E-state index in [9.17, 15) is 9.90 Å². The summed E-state index contributed by atoms with van der Waals surface area (Å²) >= 11 is 0. The van der Waals surface area contributed by atoms with Crippen molar-refractivity contribution in [2.24, 2.45) is 0 Å². The fourth-order valence-corrected chi connectivity index (χ4v) is 1.74. The molecule has 4 heteroatoms. The molecule has 0 heterocycles. The van der Waals surface area contributed by atoms with E-state index in [1.54, 1.807) is 29.2 Å². The summed E-state index contributed by atoms with van der Waals surface area (Å²) < 4.78 is 0. The Morgan fingerprint density at radius 3 is 2.71 bits per heavy atom. The van der Waals surface area contributed by atoms with E-state index in [2.05, 4.69) is 6.58 Å². The summed E-state index contributed by atoms with van der Waals surface area (Å²) in [5, 5.41) is 18.6. The number of phenols is 1. The highest BCUT2D eigenvalue weighted by Crippen LogP contribution is 2.27. The highest BCUT2D eigenvalue weighted by Gasteiger charge is 2.19.